The van der Waals surface area contributed by atoms with Gasteiger partial charge in [-0.3, -0.25) is 9.36 Å². The van der Waals surface area contributed by atoms with Crippen molar-refractivity contribution in [3.05, 3.63) is 70.6 Å². The standard InChI is InChI=1S/C22H21N5O4/c1-14-7-8-18-21(25-14)27(22(29)31-18)12-15-5-4-6-16(9-15)20-23-10-17(11-24-20)30-13-19(28)26(2)3/h4-11H,12-13H2,1-3H3. The maximum atomic E-state index is 12.3. The van der Waals surface area contributed by atoms with Gasteiger partial charge in [-0.05, 0) is 30.7 Å². The quantitative estimate of drug-likeness (QED) is 0.472. The van der Waals surface area contributed by atoms with E-state index in [1.54, 1.807) is 26.2 Å². The molecule has 0 aliphatic heterocycles. The van der Waals surface area contributed by atoms with Gasteiger partial charge in [0.2, 0.25) is 0 Å². The average Bonchev–Trinajstić information content (AvgIpc) is 3.07. The predicted molar refractivity (Wildman–Crippen MR) is 114 cm³/mol. The number of pyridine rings is 1. The molecule has 158 valence electrons. The Kier molecular flexibility index (Phi) is 5.48. The molecule has 4 aromatic rings. The molecular weight excluding hydrogens is 398 g/mol. The van der Waals surface area contributed by atoms with Crippen molar-refractivity contribution in [2.75, 3.05) is 20.7 Å². The summed E-state index contributed by atoms with van der Waals surface area (Å²) >= 11 is 0. The van der Waals surface area contributed by atoms with Crippen LogP contribution in [0.5, 0.6) is 5.75 Å². The number of rotatable bonds is 6. The number of hydrogen-bond acceptors (Lipinski definition) is 7. The van der Waals surface area contributed by atoms with Gasteiger partial charge in [-0.2, -0.15) is 0 Å². The van der Waals surface area contributed by atoms with Crippen molar-refractivity contribution in [2.45, 2.75) is 13.5 Å². The van der Waals surface area contributed by atoms with Gasteiger partial charge in [-0.25, -0.2) is 19.7 Å². The molecule has 31 heavy (non-hydrogen) atoms. The summed E-state index contributed by atoms with van der Waals surface area (Å²) in [7, 11) is 3.33. The highest BCUT2D eigenvalue weighted by molar-refractivity contribution is 5.77. The third-order valence-electron chi connectivity index (χ3n) is 4.67. The number of ether oxygens (including phenoxy) is 1. The Morgan fingerprint density at radius 2 is 1.94 bits per heavy atom. The van der Waals surface area contributed by atoms with Crippen LogP contribution >= 0.6 is 0 Å². The number of benzene rings is 1. The van der Waals surface area contributed by atoms with E-state index in [1.165, 1.54) is 21.9 Å². The van der Waals surface area contributed by atoms with Crippen molar-refractivity contribution < 1.29 is 13.9 Å². The Bertz CT molecular complexity index is 1290. The molecule has 0 N–H and O–H groups in total. The summed E-state index contributed by atoms with van der Waals surface area (Å²) in [5, 5.41) is 0. The summed E-state index contributed by atoms with van der Waals surface area (Å²) in [5.41, 5.74) is 3.45. The number of aromatic nitrogens is 4. The largest absolute Gasteiger partial charge is 0.481 e. The molecule has 1 aromatic carbocycles. The van der Waals surface area contributed by atoms with Crippen LogP contribution in [0.15, 0.2) is 58.0 Å². The smallest absolute Gasteiger partial charge is 0.421 e. The zero-order chi connectivity index (χ0) is 22.0. The first-order valence-electron chi connectivity index (χ1n) is 9.62. The highest BCUT2D eigenvalue weighted by Gasteiger charge is 2.12. The zero-order valence-corrected chi connectivity index (χ0v) is 17.4. The summed E-state index contributed by atoms with van der Waals surface area (Å²) in [5.74, 6) is 0.312. The van der Waals surface area contributed by atoms with Crippen LogP contribution in [0, 0.1) is 6.92 Å². The van der Waals surface area contributed by atoms with Gasteiger partial charge in [0.1, 0.15) is 0 Å². The van der Waals surface area contributed by atoms with E-state index in [0.717, 1.165) is 16.8 Å². The predicted octanol–water partition coefficient (Wildman–Crippen LogP) is 2.27. The summed E-state index contributed by atoms with van der Waals surface area (Å²) < 4.78 is 12.2. The summed E-state index contributed by atoms with van der Waals surface area (Å²) in [6.07, 6.45) is 3.05. The van der Waals surface area contributed by atoms with Gasteiger partial charge in [0.15, 0.2) is 29.4 Å². The molecule has 1 amide bonds. The lowest BCUT2D eigenvalue weighted by Gasteiger charge is -2.11. The van der Waals surface area contributed by atoms with Crippen molar-refractivity contribution in [1.82, 2.24) is 24.4 Å². The summed E-state index contributed by atoms with van der Waals surface area (Å²) in [4.78, 5) is 38.4. The number of fused-ring (bicyclic) bond motifs is 1. The molecular formula is C22H21N5O4. The second kappa shape index (κ2) is 8.39. The Morgan fingerprint density at radius 3 is 2.68 bits per heavy atom. The fourth-order valence-corrected chi connectivity index (χ4v) is 2.98. The van der Waals surface area contributed by atoms with Gasteiger partial charge >= 0.3 is 5.76 Å². The molecule has 9 nitrogen and oxygen atoms in total. The van der Waals surface area contributed by atoms with Crippen molar-refractivity contribution in [1.29, 1.82) is 0 Å². The minimum atomic E-state index is -0.455. The van der Waals surface area contributed by atoms with Crippen LogP contribution in [-0.2, 0) is 11.3 Å². The van der Waals surface area contributed by atoms with Crippen LogP contribution in [0.3, 0.4) is 0 Å². The second-order valence-corrected chi connectivity index (χ2v) is 7.25. The van der Waals surface area contributed by atoms with Crippen LogP contribution in [0.1, 0.15) is 11.3 Å². The number of hydrogen-bond donors (Lipinski definition) is 0. The molecule has 0 aliphatic carbocycles. The first-order chi connectivity index (χ1) is 14.9. The number of nitrogens with zero attached hydrogens (tertiary/aromatic N) is 5. The Morgan fingerprint density at radius 1 is 1.16 bits per heavy atom. The van der Waals surface area contributed by atoms with Crippen molar-refractivity contribution in [2.24, 2.45) is 0 Å². The van der Waals surface area contributed by atoms with E-state index in [0.29, 0.717) is 29.3 Å². The van der Waals surface area contributed by atoms with E-state index in [1.807, 2.05) is 31.2 Å². The number of carbonyl (C=O) groups excluding carboxylic acids is 1. The molecule has 0 spiro atoms. The lowest BCUT2D eigenvalue weighted by atomic mass is 10.1. The SMILES string of the molecule is Cc1ccc2oc(=O)n(Cc3cccc(-c4ncc(OCC(=O)N(C)C)cn4)c3)c2n1. The molecule has 9 heteroatoms. The first kappa shape index (κ1) is 20.3. The summed E-state index contributed by atoms with van der Waals surface area (Å²) in [6.45, 7) is 2.10. The van der Waals surface area contributed by atoms with Crippen LogP contribution in [-0.4, -0.2) is 51.0 Å². The minimum absolute atomic E-state index is 0.0773. The van der Waals surface area contributed by atoms with E-state index in [2.05, 4.69) is 15.0 Å². The van der Waals surface area contributed by atoms with Crippen LogP contribution in [0.2, 0.25) is 0 Å². The maximum absolute atomic E-state index is 12.3. The molecule has 0 fully saturated rings. The van der Waals surface area contributed by atoms with Gasteiger partial charge in [-0.15, -0.1) is 0 Å². The third kappa shape index (κ3) is 4.45. The maximum Gasteiger partial charge on any atom is 0.421 e. The molecule has 0 bridgehead atoms. The van der Waals surface area contributed by atoms with Crippen molar-refractivity contribution >= 4 is 17.1 Å². The lowest BCUT2D eigenvalue weighted by molar-refractivity contribution is -0.130. The Labute approximate surface area is 177 Å². The normalized spacial score (nSPS) is 10.9. The molecule has 0 saturated carbocycles. The molecule has 0 saturated heterocycles. The molecule has 3 aromatic heterocycles. The minimum Gasteiger partial charge on any atom is -0.481 e. The molecule has 3 heterocycles. The number of carbonyl (C=O) groups is 1. The zero-order valence-electron chi connectivity index (χ0n) is 17.4. The van der Waals surface area contributed by atoms with Crippen LogP contribution in [0.4, 0.5) is 0 Å². The number of oxazole rings is 1. The summed E-state index contributed by atoms with van der Waals surface area (Å²) in [6, 6.07) is 11.1. The molecule has 0 unspecified atom stereocenters. The number of likely N-dealkylation sites (N-methyl/N-ethyl adjacent to an activating group) is 1. The van der Waals surface area contributed by atoms with E-state index < -0.39 is 5.76 Å². The average molecular weight is 419 g/mol. The fourth-order valence-electron chi connectivity index (χ4n) is 2.98. The van der Waals surface area contributed by atoms with Gasteiger partial charge in [-0.1, -0.05) is 18.2 Å². The van der Waals surface area contributed by atoms with Gasteiger partial charge < -0.3 is 14.1 Å². The van der Waals surface area contributed by atoms with E-state index in [9.17, 15) is 9.59 Å². The molecule has 0 radical (unpaired) electrons. The van der Waals surface area contributed by atoms with Gasteiger partial charge in [0, 0.05) is 25.4 Å². The molecule has 4 rings (SSSR count). The molecule has 0 atom stereocenters. The highest BCUT2D eigenvalue weighted by atomic mass is 16.5. The first-order valence-corrected chi connectivity index (χ1v) is 9.62. The van der Waals surface area contributed by atoms with E-state index in [4.69, 9.17) is 9.15 Å². The van der Waals surface area contributed by atoms with E-state index >= 15 is 0 Å². The topological polar surface area (TPSA) is 103 Å². The van der Waals surface area contributed by atoms with E-state index in [-0.39, 0.29) is 12.5 Å². The van der Waals surface area contributed by atoms with Crippen molar-refractivity contribution in [3.63, 3.8) is 0 Å². The second-order valence-electron chi connectivity index (χ2n) is 7.25. The molecule has 0 aliphatic rings. The van der Waals surface area contributed by atoms with Crippen molar-refractivity contribution in [3.8, 4) is 17.1 Å². The number of amides is 1. The van der Waals surface area contributed by atoms with Crippen LogP contribution in [0.25, 0.3) is 22.6 Å². The Hall–Kier alpha value is -4.01. The van der Waals surface area contributed by atoms with Gasteiger partial charge in [0.25, 0.3) is 5.91 Å². The van der Waals surface area contributed by atoms with Gasteiger partial charge in [0.05, 0.1) is 18.9 Å². The highest BCUT2D eigenvalue weighted by Crippen LogP contribution is 2.19. The Balaban J connectivity index is 1.54. The van der Waals surface area contributed by atoms with Crippen LogP contribution < -0.4 is 10.5 Å². The number of aryl methyl sites for hydroxylation is 1. The fraction of sp³-hybridized carbons (Fsp3) is 0.227. The monoisotopic (exact) mass is 419 g/mol. The third-order valence-corrected chi connectivity index (χ3v) is 4.67. The lowest BCUT2D eigenvalue weighted by Crippen LogP contribution is -2.27.